The van der Waals surface area contributed by atoms with Crippen LogP contribution in [0, 0.1) is 17.5 Å². The number of aromatic nitrogens is 2. The van der Waals surface area contributed by atoms with E-state index in [4.69, 9.17) is 27.9 Å². The van der Waals surface area contributed by atoms with Gasteiger partial charge < -0.3 is 25.6 Å². The van der Waals surface area contributed by atoms with Gasteiger partial charge in [0.05, 0.1) is 23.7 Å². The molecule has 0 bridgehead atoms. The van der Waals surface area contributed by atoms with E-state index in [0.717, 1.165) is 23.1 Å². The normalized spacial score (nSPS) is 23.8. The van der Waals surface area contributed by atoms with Gasteiger partial charge in [-0.3, -0.25) is 19.2 Å². The summed E-state index contributed by atoms with van der Waals surface area (Å²) in [5, 5.41) is 29.2. The molecule has 0 saturated carbocycles. The molecule has 1 aromatic heterocycles. The summed E-state index contributed by atoms with van der Waals surface area (Å²) in [6, 6.07) is 5.18. The van der Waals surface area contributed by atoms with Gasteiger partial charge in [-0.1, -0.05) is 23.2 Å². The molecule has 228 valence electrons. The number of benzene rings is 2. The first-order valence-electron chi connectivity index (χ1n) is 12.9. The highest BCUT2D eigenvalue weighted by Gasteiger charge is 2.52. The second kappa shape index (κ2) is 12.0. The smallest absolute Gasteiger partial charge is 0.404 e. The highest BCUT2D eigenvalue weighted by Crippen LogP contribution is 2.36. The second-order valence-corrected chi connectivity index (χ2v) is 11.0. The Morgan fingerprint density at radius 3 is 2.67 bits per heavy atom. The van der Waals surface area contributed by atoms with Crippen molar-refractivity contribution in [3.63, 3.8) is 0 Å². The van der Waals surface area contributed by atoms with Crippen molar-refractivity contribution in [2.24, 2.45) is 0 Å². The lowest BCUT2D eigenvalue weighted by Crippen LogP contribution is -2.52. The number of rotatable bonds is 7. The summed E-state index contributed by atoms with van der Waals surface area (Å²) in [5.41, 5.74) is -2.63. The number of carbonyl (C=O) groups is 3. The molecule has 2 aliphatic rings. The fourth-order valence-corrected chi connectivity index (χ4v) is 5.74. The number of amides is 3. The van der Waals surface area contributed by atoms with Crippen LogP contribution in [0.4, 0.5) is 23.8 Å². The van der Waals surface area contributed by atoms with Gasteiger partial charge in [-0.05, 0) is 36.8 Å². The van der Waals surface area contributed by atoms with E-state index in [0.29, 0.717) is 0 Å². The van der Waals surface area contributed by atoms with Gasteiger partial charge in [0.2, 0.25) is 5.60 Å². The molecule has 2 aliphatic heterocycles. The number of hydrogen-bond acceptors (Lipinski definition) is 6. The number of nitrogens with one attached hydrogen (secondary N) is 2. The van der Waals surface area contributed by atoms with Crippen molar-refractivity contribution in [1.82, 2.24) is 20.4 Å². The Morgan fingerprint density at radius 1 is 1.16 bits per heavy atom. The molecular weight excluding hydrogens is 618 g/mol. The van der Waals surface area contributed by atoms with Crippen LogP contribution in [-0.4, -0.2) is 62.7 Å². The predicted molar refractivity (Wildman–Crippen MR) is 146 cm³/mol. The van der Waals surface area contributed by atoms with Crippen LogP contribution >= 0.6 is 23.2 Å². The number of carboxylic acid groups (broad SMARTS) is 1. The molecule has 5 rings (SSSR count). The number of anilines is 1. The fraction of sp³-hybridized carbons (Fsp3) is 0.333. The van der Waals surface area contributed by atoms with E-state index < -0.39 is 59.1 Å². The van der Waals surface area contributed by atoms with Crippen molar-refractivity contribution in [1.29, 1.82) is 0 Å². The molecule has 1 unspecified atom stereocenters. The first-order chi connectivity index (χ1) is 20.4. The lowest BCUT2D eigenvalue weighted by atomic mass is 9.93. The Balaban J connectivity index is 1.27. The Bertz CT molecular complexity index is 1590. The summed E-state index contributed by atoms with van der Waals surface area (Å²) in [6.45, 7) is -0.505. The largest absolute Gasteiger partial charge is 0.465 e. The van der Waals surface area contributed by atoms with Crippen LogP contribution in [0.25, 0.3) is 0 Å². The van der Waals surface area contributed by atoms with Crippen molar-refractivity contribution in [3.8, 4) is 0 Å². The monoisotopic (exact) mass is 641 g/mol. The number of halogens is 5. The maximum atomic E-state index is 14.4. The number of aliphatic hydroxyl groups is 1. The van der Waals surface area contributed by atoms with Crippen molar-refractivity contribution in [2.45, 2.75) is 43.2 Å². The Hall–Kier alpha value is -3.85. The molecule has 0 spiro atoms. The Labute approximate surface area is 252 Å². The molecule has 4 atom stereocenters. The van der Waals surface area contributed by atoms with Crippen LogP contribution < -0.4 is 15.5 Å². The molecule has 11 nitrogen and oxygen atoms in total. The third-order valence-electron chi connectivity index (χ3n) is 7.36. The molecule has 0 radical (unpaired) electrons. The van der Waals surface area contributed by atoms with Crippen LogP contribution in [0.15, 0.2) is 42.6 Å². The van der Waals surface area contributed by atoms with Gasteiger partial charge in [-0.25, -0.2) is 18.0 Å². The van der Waals surface area contributed by atoms with Gasteiger partial charge in [0, 0.05) is 47.9 Å². The summed E-state index contributed by atoms with van der Waals surface area (Å²) in [6.07, 6.45) is -1.19. The number of nitrogens with zero attached hydrogens (tertiary/aromatic N) is 3. The van der Waals surface area contributed by atoms with E-state index >= 15 is 0 Å². The zero-order valence-electron chi connectivity index (χ0n) is 22.1. The first-order valence-corrected chi connectivity index (χ1v) is 13.7. The molecule has 16 heteroatoms. The molecule has 43 heavy (non-hydrogen) atoms. The molecule has 0 aliphatic carbocycles. The molecule has 4 N–H and O–H groups in total. The third kappa shape index (κ3) is 6.13. The third-order valence-corrected chi connectivity index (χ3v) is 7.85. The van der Waals surface area contributed by atoms with Crippen LogP contribution in [0.1, 0.15) is 36.1 Å². The summed E-state index contributed by atoms with van der Waals surface area (Å²) < 4.78 is 49.7. The van der Waals surface area contributed by atoms with Crippen molar-refractivity contribution >= 4 is 46.9 Å². The summed E-state index contributed by atoms with van der Waals surface area (Å²) in [4.78, 5) is 38.6. The van der Waals surface area contributed by atoms with E-state index in [1.54, 1.807) is 0 Å². The predicted octanol–water partition coefficient (Wildman–Crippen LogP) is 3.73. The highest BCUT2D eigenvalue weighted by atomic mass is 35.5. The average Bonchev–Trinajstić information content (AvgIpc) is 3.56. The van der Waals surface area contributed by atoms with E-state index in [9.17, 15) is 37.8 Å². The standard InChI is InChI=1S/C27H24Cl2F3N5O6/c28-14-7-13(22(32)18(29)8-14)11-33-24(38)27(42)4-6-36(25(27)39)21-3-5-37(35-21)16-10-20(34-26(40)41)23(43-12-16)17-9-15(30)1-2-19(17)31/h1-3,5,7-9,16,20,23,34,42H,4,6,10-12H2,(H,33,38)(H,40,41)/t16-,20+,23-,27?/m1/s1. The minimum absolute atomic E-state index is 0.0386. The second-order valence-electron chi connectivity index (χ2n) is 10.1. The minimum atomic E-state index is -2.45. The molecule has 3 aromatic rings. The topological polar surface area (TPSA) is 146 Å². The van der Waals surface area contributed by atoms with Gasteiger partial charge in [0.1, 0.15) is 23.6 Å². The van der Waals surface area contributed by atoms with E-state index in [-0.39, 0.29) is 59.5 Å². The first kappa shape index (κ1) is 30.6. The molecule has 3 heterocycles. The molecule has 2 saturated heterocycles. The Kier molecular flexibility index (Phi) is 8.56. The van der Waals surface area contributed by atoms with Crippen LogP contribution in [-0.2, 0) is 20.9 Å². The maximum absolute atomic E-state index is 14.4. The summed E-state index contributed by atoms with van der Waals surface area (Å²) in [7, 11) is 0. The summed E-state index contributed by atoms with van der Waals surface area (Å²) in [5.74, 6) is -4.17. The average molecular weight is 642 g/mol. The van der Waals surface area contributed by atoms with Crippen molar-refractivity contribution in [3.05, 3.63) is 81.2 Å². The fourth-order valence-electron chi connectivity index (χ4n) is 5.20. The molecule has 3 amide bonds. The van der Waals surface area contributed by atoms with Crippen LogP contribution in [0.5, 0.6) is 0 Å². The number of hydrogen-bond donors (Lipinski definition) is 4. The Morgan fingerprint density at radius 2 is 1.93 bits per heavy atom. The van der Waals surface area contributed by atoms with Crippen molar-refractivity contribution in [2.75, 3.05) is 18.1 Å². The maximum Gasteiger partial charge on any atom is 0.404 e. The van der Waals surface area contributed by atoms with Crippen LogP contribution in [0.2, 0.25) is 10.0 Å². The van der Waals surface area contributed by atoms with E-state index in [1.807, 2.05) is 0 Å². The molecular formula is C27H24Cl2F3N5O6. The molecule has 2 fully saturated rings. The molecule has 2 aromatic carbocycles. The van der Waals surface area contributed by atoms with Crippen LogP contribution in [0.3, 0.4) is 0 Å². The quantitative estimate of drug-likeness (QED) is 0.227. The summed E-state index contributed by atoms with van der Waals surface area (Å²) >= 11 is 11.7. The lowest BCUT2D eigenvalue weighted by Gasteiger charge is -2.36. The van der Waals surface area contributed by atoms with Crippen molar-refractivity contribution < 1.29 is 42.5 Å². The number of carbonyl (C=O) groups excluding carboxylic acids is 2. The SMILES string of the molecule is O=C(O)N[C@H]1C[C@@H](n2ccc(N3CCC(O)(C(=O)NCc4cc(Cl)cc(Cl)c4F)C3=O)n2)CO[C@@H]1c1cc(F)ccc1F. The lowest BCUT2D eigenvalue weighted by molar-refractivity contribution is -0.149. The zero-order valence-corrected chi connectivity index (χ0v) is 23.6. The van der Waals surface area contributed by atoms with Gasteiger partial charge in [0.15, 0.2) is 5.82 Å². The van der Waals surface area contributed by atoms with Gasteiger partial charge in [-0.15, -0.1) is 0 Å². The van der Waals surface area contributed by atoms with E-state index in [2.05, 4.69) is 15.7 Å². The number of ether oxygens (including phenoxy) is 1. The zero-order chi connectivity index (χ0) is 31.1. The van der Waals surface area contributed by atoms with E-state index in [1.165, 1.54) is 29.1 Å². The highest BCUT2D eigenvalue weighted by molar-refractivity contribution is 6.34. The van der Waals surface area contributed by atoms with Gasteiger partial charge in [0.25, 0.3) is 11.8 Å². The minimum Gasteiger partial charge on any atom is -0.465 e. The van der Waals surface area contributed by atoms with Gasteiger partial charge >= 0.3 is 6.09 Å². The van der Waals surface area contributed by atoms with Gasteiger partial charge in [-0.2, -0.15) is 5.10 Å².